The first-order chi connectivity index (χ1) is 10.3. The third-order valence-corrected chi connectivity index (χ3v) is 4.36. The molecule has 0 aromatic rings. The summed E-state index contributed by atoms with van der Waals surface area (Å²) in [5.74, 6) is 0. The molecule has 12 N–H and O–H groups in total. The maximum atomic E-state index is 10.1. The van der Waals surface area contributed by atoms with Gasteiger partial charge >= 0.3 is 0 Å². The van der Waals surface area contributed by atoms with Gasteiger partial charge in [-0.05, 0) is 6.42 Å². The largest absolute Gasteiger partial charge is 0.389 e. The fourth-order valence-electron chi connectivity index (χ4n) is 2.89. The molecule has 0 bridgehead atoms. The minimum atomic E-state index is -1.31. The number of nitrogens with two attached hydrogens (primary N) is 4. The molecular formula is C12H26N4O6. The Morgan fingerprint density at radius 2 is 1.55 bits per heavy atom. The first kappa shape index (κ1) is 17.9. The van der Waals surface area contributed by atoms with Crippen molar-refractivity contribution in [3.05, 3.63) is 0 Å². The molecule has 130 valence electrons. The van der Waals surface area contributed by atoms with Gasteiger partial charge in [-0.1, -0.05) is 0 Å². The molecule has 0 radical (unpaired) electrons. The van der Waals surface area contributed by atoms with Crippen LogP contribution in [-0.4, -0.2) is 88.0 Å². The highest BCUT2D eigenvalue weighted by Crippen LogP contribution is 2.26. The minimum absolute atomic E-state index is 0.0441. The zero-order valence-corrected chi connectivity index (χ0v) is 12.1. The molecule has 2 aliphatic rings. The SMILES string of the molecule is NC[C@@H]1O[C@H](O[C@H]2[C@H](O)[C@H](O)[C@H](N)C[C@H]2N)[C@@H](N)[C@H](O)[C@@H]1O. The molecule has 10 nitrogen and oxygen atoms in total. The fraction of sp³-hybridized carbons (Fsp3) is 1.00. The summed E-state index contributed by atoms with van der Waals surface area (Å²) in [6, 6.07) is -2.34. The van der Waals surface area contributed by atoms with E-state index in [4.69, 9.17) is 32.4 Å². The van der Waals surface area contributed by atoms with Crippen molar-refractivity contribution in [2.45, 2.75) is 67.5 Å². The zero-order valence-electron chi connectivity index (χ0n) is 12.1. The molecule has 0 aromatic carbocycles. The van der Waals surface area contributed by atoms with Gasteiger partial charge in [0.05, 0.1) is 12.1 Å². The minimum Gasteiger partial charge on any atom is -0.389 e. The average molecular weight is 322 g/mol. The molecule has 1 saturated carbocycles. The van der Waals surface area contributed by atoms with Crippen LogP contribution in [0.4, 0.5) is 0 Å². The Labute approximate surface area is 128 Å². The highest BCUT2D eigenvalue weighted by atomic mass is 16.7. The monoisotopic (exact) mass is 322 g/mol. The molecule has 10 heteroatoms. The Kier molecular flexibility index (Phi) is 5.72. The summed E-state index contributed by atoms with van der Waals surface area (Å²) < 4.78 is 11.0. The Balaban J connectivity index is 2.08. The van der Waals surface area contributed by atoms with Gasteiger partial charge in [0.2, 0.25) is 0 Å². The van der Waals surface area contributed by atoms with Gasteiger partial charge in [-0.2, -0.15) is 0 Å². The van der Waals surface area contributed by atoms with Crippen LogP contribution in [0.25, 0.3) is 0 Å². The van der Waals surface area contributed by atoms with E-state index in [1.54, 1.807) is 0 Å². The van der Waals surface area contributed by atoms with Crippen LogP contribution in [0.2, 0.25) is 0 Å². The Hall–Kier alpha value is -0.400. The van der Waals surface area contributed by atoms with Gasteiger partial charge in [-0.15, -0.1) is 0 Å². The van der Waals surface area contributed by atoms with Gasteiger partial charge in [0.25, 0.3) is 0 Å². The number of aliphatic hydroxyl groups excluding tert-OH is 4. The number of ether oxygens (including phenoxy) is 2. The van der Waals surface area contributed by atoms with Crippen molar-refractivity contribution in [1.29, 1.82) is 0 Å². The summed E-state index contributed by atoms with van der Waals surface area (Å²) in [4.78, 5) is 0. The van der Waals surface area contributed by atoms with Crippen molar-refractivity contribution in [2.75, 3.05) is 6.54 Å². The lowest BCUT2D eigenvalue weighted by atomic mass is 9.84. The summed E-state index contributed by atoms with van der Waals surface area (Å²) >= 11 is 0. The second-order valence-corrected chi connectivity index (χ2v) is 5.98. The van der Waals surface area contributed by atoms with Crippen LogP contribution in [0, 0.1) is 0 Å². The van der Waals surface area contributed by atoms with Crippen LogP contribution in [0.3, 0.4) is 0 Å². The first-order valence-corrected chi connectivity index (χ1v) is 7.28. The van der Waals surface area contributed by atoms with E-state index < -0.39 is 61.0 Å². The van der Waals surface area contributed by atoms with E-state index in [9.17, 15) is 20.4 Å². The number of hydrogen-bond donors (Lipinski definition) is 8. The van der Waals surface area contributed by atoms with Crippen molar-refractivity contribution in [1.82, 2.24) is 0 Å². The van der Waals surface area contributed by atoms with E-state index in [0.29, 0.717) is 0 Å². The van der Waals surface area contributed by atoms with Gasteiger partial charge in [0.15, 0.2) is 6.29 Å². The van der Waals surface area contributed by atoms with Crippen LogP contribution in [0.15, 0.2) is 0 Å². The summed E-state index contributed by atoms with van der Waals surface area (Å²) in [6.07, 6.45) is -7.73. The summed E-state index contributed by atoms with van der Waals surface area (Å²) in [6.45, 7) is -0.0441. The molecule has 0 aromatic heterocycles. The standard InChI is InChI=1S/C12H26N4O6/c13-2-5-8(18)9(19)6(16)12(21-5)22-11-4(15)1-3(14)7(17)10(11)20/h3-12,17-20H,1-2,13-16H2/t3-,4-,5+,6+,7-,8-,9+,10-,11-,12-/m1/s1. The van der Waals surface area contributed by atoms with Gasteiger partial charge in [-0.25, -0.2) is 0 Å². The molecule has 0 amide bonds. The van der Waals surface area contributed by atoms with E-state index in [2.05, 4.69) is 0 Å². The predicted molar refractivity (Wildman–Crippen MR) is 75.2 cm³/mol. The molecule has 1 saturated heterocycles. The lowest BCUT2D eigenvalue weighted by Crippen LogP contribution is -2.67. The van der Waals surface area contributed by atoms with Gasteiger partial charge < -0.3 is 52.8 Å². The topological polar surface area (TPSA) is 203 Å². The quantitative estimate of drug-likeness (QED) is 0.248. The molecule has 1 aliphatic carbocycles. The van der Waals surface area contributed by atoms with Gasteiger partial charge in [0, 0.05) is 18.6 Å². The summed E-state index contributed by atoms with van der Waals surface area (Å²) in [5, 5.41) is 39.6. The van der Waals surface area contributed by atoms with Crippen LogP contribution >= 0.6 is 0 Å². The third-order valence-electron chi connectivity index (χ3n) is 4.36. The molecule has 10 atom stereocenters. The predicted octanol–water partition coefficient (Wildman–Crippen LogP) is -5.12. The lowest BCUT2D eigenvalue weighted by molar-refractivity contribution is -0.287. The second-order valence-electron chi connectivity index (χ2n) is 5.98. The molecule has 0 unspecified atom stereocenters. The molecule has 2 rings (SSSR count). The van der Waals surface area contributed by atoms with Crippen molar-refractivity contribution in [3.63, 3.8) is 0 Å². The summed E-state index contributed by atoms with van der Waals surface area (Å²) in [7, 11) is 0. The number of hydrogen-bond acceptors (Lipinski definition) is 10. The van der Waals surface area contributed by atoms with E-state index in [1.165, 1.54) is 0 Å². The molecule has 2 fully saturated rings. The average Bonchev–Trinajstić information content (AvgIpc) is 2.49. The maximum Gasteiger partial charge on any atom is 0.176 e. The van der Waals surface area contributed by atoms with Crippen LogP contribution < -0.4 is 22.9 Å². The van der Waals surface area contributed by atoms with E-state index in [-0.39, 0.29) is 13.0 Å². The highest BCUT2D eigenvalue weighted by molar-refractivity contribution is 4.99. The second kappa shape index (κ2) is 7.01. The van der Waals surface area contributed by atoms with Crippen molar-refractivity contribution in [2.24, 2.45) is 22.9 Å². The van der Waals surface area contributed by atoms with E-state index in [0.717, 1.165) is 0 Å². The molecule has 1 aliphatic heterocycles. The Bertz CT molecular complexity index is 376. The van der Waals surface area contributed by atoms with Crippen LogP contribution in [0.1, 0.15) is 6.42 Å². The summed E-state index contributed by atoms with van der Waals surface area (Å²) in [5.41, 5.74) is 22.8. The van der Waals surface area contributed by atoms with Gasteiger partial charge in [-0.3, -0.25) is 0 Å². The van der Waals surface area contributed by atoms with Crippen molar-refractivity contribution >= 4 is 0 Å². The Morgan fingerprint density at radius 3 is 2.14 bits per heavy atom. The smallest absolute Gasteiger partial charge is 0.176 e. The van der Waals surface area contributed by atoms with Crippen molar-refractivity contribution in [3.8, 4) is 0 Å². The van der Waals surface area contributed by atoms with Crippen LogP contribution in [-0.2, 0) is 9.47 Å². The normalized spacial score (nSPS) is 53.5. The Morgan fingerprint density at radius 1 is 0.909 bits per heavy atom. The molecule has 1 heterocycles. The first-order valence-electron chi connectivity index (χ1n) is 7.28. The maximum absolute atomic E-state index is 10.1. The lowest BCUT2D eigenvalue weighted by Gasteiger charge is -2.45. The van der Waals surface area contributed by atoms with Crippen LogP contribution in [0.5, 0.6) is 0 Å². The number of aliphatic hydroxyl groups is 4. The fourth-order valence-corrected chi connectivity index (χ4v) is 2.89. The number of rotatable bonds is 3. The molecular weight excluding hydrogens is 296 g/mol. The van der Waals surface area contributed by atoms with E-state index >= 15 is 0 Å². The molecule has 0 spiro atoms. The third kappa shape index (κ3) is 3.26. The zero-order chi connectivity index (χ0) is 16.6. The highest BCUT2D eigenvalue weighted by Gasteiger charge is 2.47. The van der Waals surface area contributed by atoms with Crippen molar-refractivity contribution < 1.29 is 29.9 Å². The van der Waals surface area contributed by atoms with Gasteiger partial charge in [0.1, 0.15) is 30.5 Å². The van der Waals surface area contributed by atoms with E-state index in [1.807, 2.05) is 0 Å². The molecule has 22 heavy (non-hydrogen) atoms.